The molecule has 1 aromatic rings. The molecule has 4 heteroatoms. The molecule has 2 atom stereocenters. The van der Waals surface area contributed by atoms with Gasteiger partial charge in [0.05, 0.1) is 5.69 Å². The number of rotatable bonds is 2. The second kappa shape index (κ2) is 4.69. The fraction of sp³-hybridized carbons (Fsp3) is 0.769. The normalized spacial score (nSPS) is 25.4. The highest BCUT2D eigenvalue weighted by Crippen LogP contribution is 2.30. The smallest absolute Gasteiger partial charge is 0.131 e. The number of aromatic nitrogens is 2. The Kier molecular flexibility index (Phi) is 3.43. The number of nitrogens with zero attached hydrogens (tertiary/aromatic N) is 3. The predicted molar refractivity (Wildman–Crippen MR) is 71.0 cm³/mol. The Labute approximate surface area is 104 Å². The quantitative estimate of drug-likeness (QED) is 0.852. The summed E-state index contributed by atoms with van der Waals surface area (Å²) in [6.07, 6.45) is 2.52. The number of piperidine rings is 1. The first-order chi connectivity index (χ1) is 8.04. The highest BCUT2D eigenvalue weighted by molar-refractivity contribution is 5.51. The third kappa shape index (κ3) is 2.18. The molecule has 4 nitrogen and oxygen atoms in total. The summed E-state index contributed by atoms with van der Waals surface area (Å²) in [7, 11) is 2.02. The molecule has 2 unspecified atom stereocenters. The maximum Gasteiger partial charge on any atom is 0.131 e. The molecule has 1 aromatic heterocycles. The predicted octanol–water partition coefficient (Wildman–Crippen LogP) is 1.81. The lowest BCUT2D eigenvalue weighted by Crippen LogP contribution is -2.41. The molecular weight excluding hydrogens is 212 g/mol. The lowest BCUT2D eigenvalue weighted by molar-refractivity contribution is 0.372. The molecule has 0 radical (unpaired) electrons. The Morgan fingerprint density at radius 1 is 1.41 bits per heavy atom. The largest absolute Gasteiger partial charge is 0.354 e. The topological polar surface area (TPSA) is 47.1 Å². The van der Waals surface area contributed by atoms with E-state index in [4.69, 9.17) is 5.73 Å². The highest BCUT2D eigenvalue weighted by atomic mass is 15.4. The molecule has 2 rings (SSSR count). The minimum absolute atomic E-state index is 0.577. The van der Waals surface area contributed by atoms with Crippen molar-refractivity contribution >= 4 is 5.82 Å². The molecule has 2 heterocycles. The van der Waals surface area contributed by atoms with Crippen molar-refractivity contribution in [1.29, 1.82) is 0 Å². The molecule has 1 saturated heterocycles. The fourth-order valence-corrected chi connectivity index (χ4v) is 3.01. The van der Waals surface area contributed by atoms with Gasteiger partial charge in [-0.3, -0.25) is 4.68 Å². The molecule has 1 fully saturated rings. The summed E-state index contributed by atoms with van der Waals surface area (Å²) in [5.41, 5.74) is 8.13. The summed E-state index contributed by atoms with van der Waals surface area (Å²) >= 11 is 0. The Bertz CT molecular complexity index is 396. The maximum absolute atomic E-state index is 5.86. The van der Waals surface area contributed by atoms with E-state index in [1.807, 2.05) is 18.7 Å². The van der Waals surface area contributed by atoms with Crippen molar-refractivity contribution in [3.8, 4) is 0 Å². The zero-order valence-electron chi connectivity index (χ0n) is 11.4. The van der Waals surface area contributed by atoms with Gasteiger partial charge in [0.25, 0.3) is 0 Å². The number of hydrogen-bond acceptors (Lipinski definition) is 3. The van der Waals surface area contributed by atoms with Gasteiger partial charge in [0, 0.05) is 31.7 Å². The van der Waals surface area contributed by atoms with Gasteiger partial charge in [-0.1, -0.05) is 6.92 Å². The van der Waals surface area contributed by atoms with Crippen molar-refractivity contribution in [2.24, 2.45) is 18.7 Å². The van der Waals surface area contributed by atoms with Gasteiger partial charge >= 0.3 is 0 Å². The van der Waals surface area contributed by atoms with Gasteiger partial charge in [-0.25, -0.2) is 0 Å². The fourth-order valence-electron chi connectivity index (χ4n) is 3.01. The van der Waals surface area contributed by atoms with Crippen molar-refractivity contribution in [3.63, 3.8) is 0 Å². The molecule has 0 spiro atoms. The molecule has 1 aliphatic rings. The van der Waals surface area contributed by atoms with Crippen molar-refractivity contribution < 1.29 is 0 Å². The first kappa shape index (κ1) is 12.4. The molecule has 0 aromatic carbocycles. The van der Waals surface area contributed by atoms with Crippen LogP contribution in [0.2, 0.25) is 0 Å². The van der Waals surface area contributed by atoms with E-state index in [9.17, 15) is 0 Å². The van der Waals surface area contributed by atoms with Gasteiger partial charge in [-0.2, -0.15) is 5.10 Å². The SMILES string of the molecule is Cc1nn(C)c(N2CCC(C)CC2C)c1CN. The highest BCUT2D eigenvalue weighted by Gasteiger charge is 2.27. The van der Waals surface area contributed by atoms with Crippen molar-refractivity contribution in [1.82, 2.24) is 9.78 Å². The summed E-state index contributed by atoms with van der Waals surface area (Å²) < 4.78 is 1.99. The van der Waals surface area contributed by atoms with Crippen molar-refractivity contribution in [3.05, 3.63) is 11.3 Å². The first-order valence-electron chi connectivity index (χ1n) is 6.53. The summed E-state index contributed by atoms with van der Waals surface area (Å²) in [6.45, 7) is 8.38. The van der Waals surface area contributed by atoms with Crippen LogP contribution in [-0.4, -0.2) is 22.4 Å². The zero-order valence-corrected chi connectivity index (χ0v) is 11.4. The van der Waals surface area contributed by atoms with Crippen LogP contribution in [0.25, 0.3) is 0 Å². The molecule has 0 amide bonds. The third-order valence-corrected chi connectivity index (χ3v) is 3.93. The number of nitrogens with two attached hydrogens (primary N) is 1. The van der Waals surface area contributed by atoms with Gasteiger partial charge in [-0.15, -0.1) is 0 Å². The maximum atomic E-state index is 5.86. The molecule has 0 aliphatic carbocycles. The molecule has 96 valence electrons. The van der Waals surface area contributed by atoms with Crippen LogP contribution in [0.4, 0.5) is 5.82 Å². The van der Waals surface area contributed by atoms with Gasteiger partial charge in [0.1, 0.15) is 5.82 Å². The van der Waals surface area contributed by atoms with E-state index in [2.05, 4.69) is 23.8 Å². The van der Waals surface area contributed by atoms with Crippen LogP contribution >= 0.6 is 0 Å². The van der Waals surface area contributed by atoms with E-state index in [1.165, 1.54) is 24.2 Å². The summed E-state index contributed by atoms with van der Waals surface area (Å²) in [5.74, 6) is 2.06. The first-order valence-corrected chi connectivity index (χ1v) is 6.53. The third-order valence-electron chi connectivity index (χ3n) is 3.93. The minimum atomic E-state index is 0.577. The Balaban J connectivity index is 2.33. The number of aryl methyl sites for hydroxylation is 2. The van der Waals surface area contributed by atoms with E-state index < -0.39 is 0 Å². The van der Waals surface area contributed by atoms with Crippen LogP contribution in [-0.2, 0) is 13.6 Å². The van der Waals surface area contributed by atoms with Crippen LogP contribution in [0.3, 0.4) is 0 Å². The number of hydrogen-bond donors (Lipinski definition) is 1. The minimum Gasteiger partial charge on any atom is -0.354 e. The summed E-state index contributed by atoms with van der Waals surface area (Å²) in [5, 5.41) is 4.51. The molecule has 17 heavy (non-hydrogen) atoms. The van der Waals surface area contributed by atoms with E-state index >= 15 is 0 Å². The summed E-state index contributed by atoms with van der Waals surface area (Å²) in [4.78, 5) is 2.47. The standard InChI is InChI=1S/C13H24N4/c1-9-5-6-17(10(2)7-9)13-12(8-14)11(3)15-16(13)4/h9-10H,5-8,14H2,1-4H3. The number of anilines is 1. The van der Waals surface area contributed by atoms with Gasteiger partial charge < -0.3 is 10.6 Å². The Morgan fingerprint density at radius 2 is 2.12 bits per heavy atom. The molecular formula is C13H24N4. The Hall–Kier alpha value is -1.03. The van der Waals surface area contributed by atoms with Crippen LogP contribution in [0.1, 0.15) is 37.9 Å². The van der Waals surface area contributed by atoms with E-state index in [0.29, 0.717) is 12.6 Å². The average Bonchev–Trinajstić information content (AvgIpc) is 2.53. The summed E-state index contributed by atoms with van der Waals surface area (Å²) in [6, 6.07) is 0.582. The van der Waals surface area contributed by atoms with Gasteiger partial charge in [-0.05, 0) is 32.6 Å². The van der Waals surface area contributed by atoms with Crippen molar-refractivity contribution in [2.75, 3.05) is 11.4 Å². The molecule has 0 bridgehead atoms. The van der Waals surface area contributed by atoms with Crippen LogP contribution in [0.15, 0.2) is 0 Å². The lowest BCUT2D eigenvalue weighted by atomic mass is 9.93. The lowest BCUT2D eigenvalue weighted by Gasteiger charge is -2.38. The second-order valence-electron chi connectivity index (χ2n) is 5.39. The van der Waals surface area contributed by atoms with Crippen LogP contribution < -0.4 is 10.6 Å². The van der Waals surface area contributed by atoms with E-state index in [-0.39, 0.29) is 0 Å². The average molecular weight is 236 g/mol. The van der Waals surface area contributed by atoms with Crippen molar-refractivity contribution in [2.45, 2.75) is 46.2 Å². The molecule has 0 saturated carbocycles. The molecule has 2 N–H and O–H groups in total. The second-order valence-corrected chi connectivity index (χ2v) is 5.39. The Morgan fingerprint density at radius 3 is 2.71 bits per heavy atom. The van der Waals surface area contributed by atoms with E-state index in [0.717, 1.165) is 18.2 Å². The monoisotopic (exact) mass is 236 g/mol. The van der Waals surface area contributed by atoms with E-state index in [1.54, 1.807) is 0 Å². The zero-order chi connectivity index (χ0) is 12.6. The van der Waals surface area contributed by atoms with Crippen LogP contribution in [0.5, 0.6) is 0 Å². The van der Waals surface area contributed by atoms with Gasteiger partial charge in [0.2, 0.25) is 0 Å². The molecule has 1 aliphatic heterocycles. The van der Waals surface area contributed by atoms with Gasteiger partial charge in [0.15, 0.2) is 0 Å². The van der Waals surface area contributed by atoms with Crippen LogP contribution in [0, 0.1) is 12.8 Å².